The van der Waals surface area contributed by atoms with Crippen LogP contribution >= 0.6 is 0 Å². The lowest BCUT2D eigenvalue weighted by Gasteiger charge is -2.09. The summed E-state index contributed by atoms with van der Waals surface area (Å²) < 4.78 is 5.61. The highest BCUT2D eigenvalue weighted by Crippen LogP contribution is 2.07. The van der Waals surface area contributed by atoms with E-state index >= 15 is 0 Å². The minimum absolute atomic E-state index is 0.784. The van der Waals surface area contributed by atoms with Gasteiger partial charge in [-0.1, -0.05) is 13.8 Å². The number of rotatable bonds is 6. The maximum atomic E-state index is 5.61. The molecule has 0 amide bonds. The Morgan fingerprint density at radius 1 is 1.36 bits per heavy atom. The molecule has 0 aromatic rings. The number of ether oxygens (including phenoxy) is 1. The van der Waals surface area contributed by atoms with E-state index in [-0.39, 0.29) is 0 Å². The van der Waals surface area contributed by atoms with Gasteiger partial charge in [-0.15, -0.1) is 0 Å². The molecule has 0 heterocycles. The van der Waals surface area contributed by atoms with Crippen molar-refractivity contribution in [2.24, 2.45) is 4.99 Å². The lowest BCUT2D eigenvalue weighted by atomic mass is 10.2. The average molecular weight is 198 g/mol. The minimum atomic E-state index is 0.784. The molecule has 14 heavy (non-hydrogen) atoms. The smallest absolute Gasteiger partial charge is 0.123 e. The van der Waals surface area contributed by atoms with Crippen molar-refractivity contribution in [3.05, 3.63) is 11.8 Å². The van der Waals surface area contributed by atoms with E-state index < -0.39 is 0 Å². The van der Waals surface area contributed by atoms with Gasteiger partial charge in [-0.25, -0.2) is 0 Å². The molecule has 1 N–H and O–H groups in total. The van der Waals surface area contributed by atoms with Crippen molar-refractivity contribution in [1.29, 1.82) is 0 Å². The first-order valence-corrected chi connectivity index (χ1v) is 5.26. The molecule has 0 aromatic carbocycles. The molecule has 82 valence electrons. The van der Waals surface area contributed by atoms with Crippen molar-refractivity contribution in [2.75, 3.05) is 20.7 Å². The molecule has 0 fully saturated rings. The van der Waals surface area contributed by atoms with Gasteiger partial charge in [0.2, 0.25) is 0 Å². The molecule has 0 radical (unpaired) electrons. The summed E-state index contributed by atoms with van der Waals surface area (Å²) in [6.07, 6.45) is 5.08. The number of nitrogens with one attached hydrogen (secondary N) is 1. The first-order valence-electron chi connectivity index (χ1n) is 5.26. The van der Waals surface area contributed by atoms with Gasteiger partial charge in [0.25, 0.3) is 0 Å². The standard InChI is InChI=1S/C11H22N2O/c1-5-7-10(14-8-6-2)9-11(12-3)13-4/h9H,5-8H2,1-4H3,(H,12,13)/b10-9+. The monoisotopic (exact) mass is 198 g/mol. The second-order valence-electron chi connectivity index (χ2n) is 3.07. The molecule has 3 nitrogen and oxygen atoms in total. The Kier molecular flexibility index (Phi) is 7.99. The third kappa shape index (κ3) is 5.62. The lowest BCUT2D eigenvalue weighted by molar-refractivity contribution is 0.202. The summed E-state index contributed by atoms with van der Waals surface area (Å²) in [5.41, 5.74) is 0. The molecular formula is C11H22N2O. The summed E-state index contributed by atoms with van der Waals surface area (Å²) in [4.78, 5) is 4.09. The number of hydrogen-bond acceptors (Lipinski definition) is 2. The average Bonchev–Trinajstić information content (AvgIpc) is 2.22. The predicted octanol–water partition coefficient (Wildman–Crippen LogP) is 2.34. The van der Waals surface area contributed by atoms with E-state index in [1.807, 2.05) is 13.1 Å². The lowest BCUT2D eigenvalue weighted by Crippen LogP contribution is -2.16. The molecule has 0 saturated carbocycles. The highest BCUT2D eigenvalue weighted by Gasteiger charge is 1.98. The van der Waals surface area contributed by atoms with E-state index in [0.717, 1.165) is 37.5 Å². The summed E-state index contributed by atoms with van der Waals surface area (Å²) in [7, 11) is 3.63. The fourth-order valence-electron chi connectivity index (χ4n) is 1.07. The summed E-state index contributed by atoms with van der Waals surface area (Å²) >= 11 is 0. The Labute approximate surface area is 87.3 Å². The summed E-state index contributed by atoms with van der Waals surface area (Å²) in [6, 6.07) is 0. The van der Waals surface area contributed by atoms with Gasteiger partial charge in [-0.3, -0.25) is 4.99 Å². The Bertz CT molecular complexity index is 197. The van der Waals surface area contributed by atoms with Crippen LogP contribution in [0.2, 0.25) is 0 Å². The molecule has 0 saturated heterocycles. The number of amidine groups is 1. The van der Waals surface area contributed by atoms with Crippen molar-refractivity contribution >= 4 is 5.84 Å². The van der Waals surface area contributed by atoms with E-state index in [2.05, 4.69) is 24.2 Å². The summed E-state index contributed by atoms with van der Waals surface area (Å²) in [6.45, 7) is 5.04. The third-order valence-corrected chi connectivity index (χ3v) is 1.78. The van der Waals surface area contributed by atoms with Crippen molar-refractivity contribution in [2.45, 2.75) is 33.1 Å². The van der Waals surface area contributed by atoms with Crippen LogP contribution in [-0.2, 0) is 4.74 Å². The molecule has 3 heteroatoms. The Morgan fingerprint density at radius 2 is 2.07 bits per heavy atom. The van der Waals surface area contributed by atoms with Crippen LogP contribution < -0.4 is 5.32 Å². The molecule has 0 atom stereocenters. The maximum absolute atomic E-state index is 5.61. The maximum Gasteiger partial charge on any atom is 0.123 e. The van der Waals surface area contributed by atoms with Crippen molar-refractivity contribution in [3.63, 3.8) is 0 Å². The Hall–Kier alpha value is -0.990. The highest BCUT2D eigenvalue weighted by atomic mass is 16.5. The molecule has 0 aliphatic heterocycles. The number of nitrogens with zero attached hydrogens (tertiary/aromatic N) is 1. The Morgan fingerprint density at radius 3 is 2.50 bits per heavy atom. The van der Waals surface area contributed by atoms with Crippen LogP contribution in [0.1, 0.15) is 33.1 Å². The van der Waals surface area contributed by atoms with Gasteiger partial charge in [0.15, 0.2) is 0 Å². The number of aliphatic imine (C=N–C) groups is 1. The molecule has 0 unspecified atom stereocenters. The zero-order chi connectivity index (χ0) is 10.8. The number of hydrogen-bond donors (Lipinski definition) is 1. The van der Waals surface area contributed by atoms with E-state index in [1.54, 1.807) is 7.05 Å². The van der Waals surface area contributed by atoms with Gasteiger partial charge in [-0.2, -0.15) is 0 Å². The zero-order valence-corrected chi connectivity index (χ0v) is 9.76. The first kappa shape index (κ1) is 13.0. The fourth-order valence-corrected chi connectivity index (χ4v) is 1.07. The topological polar surface area (TPSA) is 33.6 Å². The van der Waals surface area contributed by atoms with Crippen LogP contribution in [0.25, 0.3) is 0 Å². The Balaban J connectivity index is 4.29. The largest absolute Gasteiger partial charge is 0.498 e. The van der Waals surface area contributed by atoms with Crippen molar-refractivity contribution in [1.82, 2.24) is 5.32 Å². The van der Waals surface area contributed by atoms with Crippen molar-refractivity contribution in [3.8, 4) is 0 Å². The van der Waals surface area contributed by atoms with E-state index in [4.69, 9.17) is 4.74 Å². The highest BCUT2D eigenvalue weighted by molar-refractivity contribution is 5.92. The number of allylic oxidation sites excluding steroid dienone is 1. The third-order valence-electron chi connectivity index (χ3n) is 1.78. The van der Waals surface area contributed by atoms with Crippen LogP contribution in [0.4, 0.5) is 0 Å². The molecule has 0 aliphatic carbocycles. The molecule has 0 rings (SSSR count). The molecule has 0 aliphatic rings. The zero-order valence-electron chi connectivity index (χ0n) is 9.76. The van der Waals surface area contributed by atoms with Crippen LogP contribution in [0.15, 0.2) is 16.8 Å². The van der Waals surface area contributed by atoms with Crippen LogP contribution in [-0.4, -0.2) is 26.5 Å². The molecule has 0 aromatic heterocycles. The van der Waals surface area contributed by atoms with E-state index in [0.29, 0.717) is 0 Å². The summed E-state index contributed by atoms with van der Waals surface area (Å²) in [5, 5.41) is 3.01. The SMILES string of the molecule is CCCO/C(=C/C(=NC)NC)CCC. The van der Waals surface area contributed by atoms with Crippen LogP contribution in [0.5, 0.6) is 0 Å². The van der Waals surface area contributed by atoms with Gasteiger partial charge >= 0.3 is 0 Å². The fraction of sp³-hybridized carbons (Fsp3) is 0.727. The second-order valence-corrected chi connectivity index (χ2v) is 3.07. The quantitative estimate of drug-likeness (QED) is 0.404. The van der Waals surface area contributed by atoms with Crippen molar-refractivity contribution < 1.29 is 4.74 Å². The first-order chi connectivity index (χ1) is 6.78. The minimum Gasteiger partial charge on any atom is -0.498 e. The summed E-state index contributed by atoms with van der Waals surface area (Å²) in [5.74, 6) is 1.88. The van der Waals surface area contributed by atoms with Crippen LogP contribution in [0.3, 0.4) is 0 Å². The second kappa shape index (κ2) is 8.60. The normalized spacial score (nSPS) is 12.9. The predicted molar refractivity (Wildman–Crippen MR) is 61.7 cm³/mol. The molecular weight excluding hydrogens is 176 g/mol. The van der Waals surface area contributed by atoms with Gasteiger partial charge in [0.1, 0.15) is 5.84 Å². The van der Waals surface area contributed by atoms with Gasteiger partial charge in [0.05, 0.1) is 12.4 Å². The van der Waals surface area contributed by atoms with E-state index in [1.165, 1.54) is 0 Å². The van der Waals surface area contributed by atoms with E-state index in [9.17, 15) is 0 Å². The molecule has 0 spiro atoms. The van der Waals surface area contributed by atoms with Gasteiger partial charge in [0, 0.05) is 26.6 Å². The molecule has 0 bridgehead atoms. The van der Waals surface area contributed by atoms with Gasteiger partial charge in [-0.05, 0) is 12.8 Å². The number of likely N-dealkylation sites (N-methyl/N-ethyl adjacent to an activating group) is 1. The van der Waals surface area contributed by atoms with Crippen LogP contribution in [0, 0.1) is 0 Å². The van der Waals surface area contributed by atoms with Gasteiger partial charge < -0.3 is 10.1 Å².